The van der Waals surface area contributed by atoms with Gasteiger partial charge in [-0.3, -0.25) is 9.52 Å². The third-order valence-electron chi connectivity index (χ3n) is 5.00. The van der Waals surface area contributed by atoms with Crippen molar-refractivity contribution in [3.63, 3.8) is 0 Å². The summed E-state index contributed by atoms with van der Waals surface area (Å²) in [5.41, 5.74) is 1.05. The first-order chi connectivity index (χ1) is 14.2. The number of hydrogen-bond acceptors (Lipinski definition) is 5. The van der Waals surface area contributed by atoms with Gasteiger partial charge in [0.05, 0.1) is 4.90 Å². The number of rotatable bonds is 7. The van der Waals surface area contributed by atoms with Crippen molar-refractivity contribution < 1.29 is 17.9 Å². The lowest BCUT2D eigenvalue weighted by Gasteiger charge is -2.29. The van der Waals surface area contributed by atoms with Crippen molar-refractivity contribution in [2.75, 3.05) is 31.5 Å². The zero-order valence-corrected chi connectivity index (χ0v) is 18.6. The molecule has 1 aliphatic heterocycles. The molecule has 2 aromatic carbocycles. The molecular weight excluding hydrogens is 426 g/mol. The highest BCUT2D eigenvalue weighted by atomic mass is 35.5. The number of sulfonamides is 1. The number of nitrogens with one attached hydrogen (secondary N) is 2. The highest BCUT2D eigenvalue weighted by Crippen LogP contribution is 2.24. The Morgan fingerprint density at radius 2 is 1.83 bits per heavy atom. The highest BCUT2D eigenvalue weighted by molar-refractivity contribution is 7.92. The minimum Gasteiger partial charge on any atom is -0.484 e. The van der Waals surface area contributed by atoms with Crippen LogP contribution in [0.5, 0.6) is 5.75 Å². The quantitative estimate of drug-likeness (QED) is 0.675. The summed E-state index contributed by atoms with van der Waals surface area (Å²) in [6.07, 6.45) is 1.85. The number of benzene rings is 2. The van der Waals surface area contributed by atoms with Crippen molar-refractivity contribution in [1.82, 2.24) is 10.2 Å². The van der Waals surface area contributed by atoms with E-state index in [1.807, 2.05) is 0 Å². The van der Waals surface area contributed by atoms with Crippen LogP contribution < -0.4 is 14.8 Å². The smallest absolute Gasteiger partial charge is 0.261 e. The van der Waals surface area contributed by atoms with Gasteiger partial charge in [0.2, 0.25) is 0 Å². The van der Waals surface area contributed by atoms with E-state index >= 15 is 0 Å². The number of hydrogen-bond donors (Lipinski definition) is 2. The lowest BCUT2D eigenvalue weighted by Crippen LogP contribution is -2.44. The Bertz CT molecular complexity index is 988. The molecule has 7 nitrogen and oxygen atoms in total. The van der Waals surface area contributed by atoms with Crippen molar-refractivity contribution in [2.45, 2.75) is 30.7 Å². The predicted octanol–water partition coefficient (Wildman–Crippen LogP) is 3.04. The predicted molar refractivity (Wildman–Crippen MR) is 118 cm³/mol. The maximum Gasteiger partial charge on any atom is 0.261 e. The molecule has 3 rings (SSSR count). The molecule has 1 heterocycles. The number of anilines is 1. The summed E-state index contributed by atoms with van der Waals surface area (Å²) in [5, 5.41) is 3.51. The summed E-state index contributed by atoms with van der Waals surface area (Å²) >= 11 is 5.83. The Morgan fingerprint density at radius 1 is 1.17 bits per heavy atom. The Kier molecular flexibility index (Phi) is 7.23. The first-order valence-corrected chi connectivity index (χ1v) is 11.6. The second-order valence-electron chi connectivity index (χ2n) is 7.47. The van der Waals surface area contributed by atoms with Crippen molar-refractivity contribution >= 4 is 33.2 Å². The van der Waals surface area contributed by atoms with Crippen molar-refractivity contribution in [3.8, 4) is 5.75 Å². The van der Waals surface area contributed by atoms with E-state index in [0.717, 1.165) is 25.9 Å². The van der Waals surface area contributed by atoms with Crippen LogP contribution >= 0.6 is 11.6 Å². The summed E-state index contributed by atoms with van der Waals surface area (Å²) in [4.78, 5) is 14.5. The molecule has 0 radical (unpaired) electrons. The number of carbonyl (C=O) groups excluding carboxylic acids is 1. The number of amides is 1. The van der Waals surface area contributed by atoms with E-state index in [1.54, 1.807) is 37.3 Å². The number of nitrogens with zero attached hydrogens (tertiary/aromatic N) is 1. The van der Waals surface area contributed by atoms with Gasteiger partial charge in [-0.2, -0.15) is 0 Å². The van der Waals surface area contributed by atoms with Crippen LogP contribution in [0.15, 0.2) is 47.4 Å². The maximum absolute atomic E-state index is 12.6. The zero-order valence-electron chi connectivity index (χ0n) is 17.0. The summed E-state index contributed by atoms with van der Waals surface area (Å²) in [7, 11) is -1.68. The molecule has 0 atom stereocenters. The van der Waals surface area contributed by atoms with Crippen molar-refractivity contribution in [3.05, 3.63) is 53.1 Å². The van der Waals surface area contributed by atoms with E-state index in [-0.39, 0.29) is 23.5 Å². The molecule has 0 spiro atoms. The second kappa shape index (κ2) is 9.68. The standard InChI is InChI=1S/C21H26ClN3O4S/c1-15-13-19(30(27,28)24-18-5-3-16(22)4-6-18)7-8-20(15)29-14-21(26)23-17-9-11-25(2)12-10-17/h3-8,13,17,24H,9-12,14H2,1-2H3,(H,23,26). The Hall–Kier alpha value is -2.29. The molecule has 0 bridgehead atoms. The van der Waals surface area contributed by atoms with Gasteiger partial charge in [0, 0.05) is 16.8 Å². The van der Waals surface area contributed by atoms with Gasteiger partial charge in [0.15, 0.2) is 6.61 Å². The molecule has 2 aromatic rings. The molecule has 9 heteroatoms. The van der Waals surface area contributed by atoms with Gasteiger partial charge < -0.3 is 15.0 Å². The molecule has 2 N–H and O–H groups in total. The molecule has 30 heavy (non-hydrogen) atoms. The maximum atomic E-state index is 12.6. The molecule has 0 aromatic heterocycles. The van der Waals surface area contributed by atoms with Gasteiger partial charge in [-0.05, 0) is 87.9 Å². The van der Waals surface area contributed by atoms with E-state index in [2.05, 4.69) is 22.0 Å². The van der Waals surface area contributed by atoms with E-state index in [9.17, 15) is 13.2 Å². The van der Waals surface area contributed by atoms with Crippen LogP contribution in [0.1, 0.15) is 18.4 Å². The monoisotopic (exact) mass is 451 g/mol. The van der Waals surface area contributed by atoms with Crippen LogP contribution in [0.25, 0.3) is 0 Å². The second-order valence-corrected chi connectivity index (χ2v) is 9.59. The fourth-order valence-corrected chi connectivity index (χ4v) is 4.52. The van der Waals surface area contributed by atoms with Crippen LogP contribution in [-0.4, -0.2) is 52.0 Å². The molecule has 162 valence electrons. The van der Waals surface area contributed by atoms with E-state index in [4.69, 9.17) is 16.3 Å². The molecule has 1 saturated heterocycles. The van der Waals surface area contributed by atoms with Gasteiger partial charge in [-0.15, -0.1) is 0 Å². The lowest BCUT2D eigenvalue weighted by molar-refractivity contribution is -0.124. The SMILES string of the molecule is Cc1cc(S(=O)(=O)Nc2ccc(Cl)cc2)ccc1OCC(=O)NC1CCN(C)CC1. The Labute approximate surface area is 182 Å². The minimum atomic E-state index is -3.75. The number of halogens is 1. The highest BCUT2D eigenvalue weighted by Gasteiger charge is 2.19. The Morgan fingerprint density at radius 3 is 2.47 bits per heavy atom. The van der Waals surface area contributed by atoms with Crippen LogP contribution in [0.3, 0.4) is 0 Å². The average Bonchev–Trinajstić information content (AvgIpc) is 2.70. The first-order valence-electron chi connectivity index (χ1n) is 9.73. The number of piperidine rings is 1. The Balaban J connectivity index is 1.57. The number of aryl methyl sites for hydroxylation is 1. The fourth-order valence-electron chi connectivity index (χ4n) is 3.25. The molecule has 0 unspecified atom stereocenters. The van der Waals surface area contributed by atoms with E-state index in [1.165, 1.54) is 12.1 Å². The third-order valence-corrected chi connectivity index (χ3v) is 6.63. The van der Waals surface area contributed by atoms with Crippen LogP contribution in [0.4, 0.5) is 5.69 Å². The van der Waals surface area contributed by atoms with Crippen LogP contribution in [0, 0.1) is 6.92 Å². The van der Waals surface area contributed by atoms with Crippen molar-refractivity contribution in [1.29, 1.82) is 0 Å². The van der Waals surface area contributed by atoms with Gasteiger partial charge in [-0.1, -0.05) is 11.6 Å². The number of carbonyl (C=O) groups is 1. The average molecular weight is 452 g/mol. The molecule has 1 fully saturated rings. The van der Waals surface area contributed by atoms with Gasteiger partial charge in [-0.25, -0.2) is 8.42 Å². The van der Waals surface area contributed by atoms with Gasteiger partial charge in [0.1, 0.15) is 5.75 Å². The number of likely N-dealkylation sites (tertiary alicyclic amines) is 1. The van der Waals surface area contributed by atoms with E-state index < -0.39 is 10.0 Å². The van der Waals surface area contributed by atoms with E-state index in [0.29, 0.717) is 22.0 Å². The molecule has 0 aliphatic carbocycles. The zero-order chi connectivity index (χ0) is 21.7. The molecule has 0 saturated carbocycles. The molecule has 1 amide bonds. The van der Waals surface area contributed by atoms with Crippen LogP contribution in [-0.2, 0) is 14.8 Å². The normalized spacial score (nSPS) is 15.6. The fraction of sp³-hybridized carbons (Fsp3) is 0.381. The first kappa shape index (κ1) is 22.4. The summed E-state index contributed by atoms with van der Waals surface area (Å²) in [6, 6.07) is 11.1. The molecule has 1 aliphatic rings. The lowest BCUT2D eigenvalue weighted by atomic mass is 10.1. The van der Waals surface area contributed by atoms with Crippen LogP contribution in [0.2, 0.25) is 5.02 Å². The molecular formula is C21H26ClN3O4S. The van der Waals surface area contributed by atoms with Gasteiger partial charge in [0.25, 0.3) is 15.9 Å². The summed E-state index contributed by atoms with van der Waals surface area (Å²) < 4.78 is 33.3. The number of ether oxygens (including phenoxy) is 1. The van der Waals surface area contributed by atoms with Crippen molar-refractivity contribution in [2.24, 2.45) is 0 Å². The largest absolute Gasteiger partial charge is 0.484 e. The summed E-state index contributed by atoms with van der Waals surface area (Å²) in [6.45, 7) is 3.56. The topological polar surface area (TPSA) is 87.7 Å². The third kappa shape index (κ3) is 6.10. The van der Waals surface area contributed by atoms with Gasteiger partial charge >= 0.3 is 0 Å². The minimum absolute atomic E-state index is 0.109. The summed E-state index contributed by atoms with van der Waals surface area (Å²) in [5.74, 6) is 0.295.